The van der Waals surface area contributed by atoms with Crippen molar-refractivity contribution in [1.29, 1.82) is 0 Å². The fourth-order valence-corrected chi connectivity index (χ4v) is 3.85. The third-order valence-corrected chi connectivity index (χ3v) is 5.47. The molecule has 0 aliphatic heterocycles. The summed E-state index contributed by atoms with van der Waals surface area (Å²) < 4.78 is 27.8. The smallest absolute Gasteiger partial charge is 0.423 e. The predicted molar refractivity (Wildman–Crippen MR) is 94.1 cm³/mol. The van der Waals surface area contributed by atoms with Crippen molar-refractivity contribution >= 4 is 12.6 Å². The van der Waals surface area contributed by atoms with E-state index in [1.807, 2.05) is 0 Å². The molecule has 0 spiro atoms. The lowest BCUT2D eigenvalue weighted by molar-refractivity contribution is 0.248. The van der Waals surface area contributed by atoms with E-state index in [9.17, 15) is 8.78 Å². The summed E-state index contributed by atoms with van der Waals surface area (Å²) in [6.07, 6.45) is 11.6. The maximum absolute atomic E-state index is 14.0. The van der Waals surface area contributed by atoms with E-state index in [4.69, 9.17) is 10.0 Å². The highest BCUT2D eigenvalue weighted by molar-refractivity contribution is 6.58. The second-order valence-corrected chi connectivity index (χ2v) is 7.24. The van der Waals surface area contributed by atoms with Gasteiger partial charge in [0.2, 0.25) is 0 Å². The fraction of sp³-hybridized carbons (Fsp3) is 0.684. The van der Waals surface area contributed by atoms with Crippen molar-refractivity contribution in [3.8, 4) is 0 Å². The third-order valence-electron chi connectivity index (χ3n) is 5.47. The topological polar surface area (TPSA) is 40.5 Å². The maximum atomic E-state index is 14.0. The number of hydrogen-bond acceptors (Lipinski definition) is 2. The van der Waals surface area contributed by atoms with Crippen LogP contribution in [0.5, 0.6) is 0 Å². The molecular formula is C19H29BF2O2. The number of hydrogen-bond donors (Lipinski definition) is 2. The van der Waals surface area contributed by atoms with Crippen molar-refractivity contribution in [3.05, 3.63) is 29.3 Å². The van der Waals surface area contributed by atoms with E-state index >= 15 is 0 Å². The van der Waals surface area contributed by atoms with Crippen LogP contribution in [0.3, 0.4) is 0 Å². The summed E-state index contributed by atoms with van der Waals surface area (Å²) in [5.41, 5.74) is -0.0641. The Morgan fingerprint density at radius 3 is 2.17 bits per heavy atom. The van der Waals surface area contributed by atoms with Crippen LogP contribution in [0.1, 0.15) is 70.3 Å². The molecular weight excluding hydrogens is 309 g/mol. The minimum atomic E-state index is -1.98. The highest BCUT2D eigenvalue weighted by Gasteiger charge is 2.23. The molecule has 0 atom stereocenters. The lowest BCUT2D eigenvalue weighted by Gasteiger charge is -2.28. The number of unbranched alkanes of at least 4 members (excludes halogenated alkanes) is 2. The van der Waals surface area contributed by atoms with Gasteiger partial charge in [-0.2, -0.15) is 0 Å². The van der Waals surface area contributed by atoms with Gasteiger partial charge in [-0.3, -0.25) is 0 Å². The molecule has 0 bridgehead atoms. The Bertz CT molecular complexity index is 514. The fourth-order valence-electron chi connectivity index (χ4n) is 3.85. The standard InChI is InChI=1S/C19H29BF2O2/c1-2-3-4-5-14-6-8-15(9-7-14)10-11-16-12-13-17(20(23)24)19(22)18(16)21/h12-15,23-24H,2-11H2,1H3/t14-,15-. The zero-order valence-electron chi connectivity index (χ0n) is 14.6. The van der Waals surface area contributed by atoms with Gasteiger partial charge in [-0.05, 0) is 30.2 Å². The van der Waals surface area contributed by atoms with Gasteiger partial charge < -0.3 is 10.0 Å². The summed E-state index contributed by atoms with van der Waals surface area (Å²) in [5.74, 6) is -0.624. The summed E-state index contributed by atoms with van der Waals surface area (Å²) in [6, 6.07) is 2.74. The first-order chi connectivity index (χ1) is 11.5. The van der Waals surface area contributed by atoms with Gasteiger partial charge in [0.15, 0.2) is 11.6 Å². The number of rotatable bonds is 8. The van der Waals surface area contributed by atoms with Gasteiger partial charge in [0.1, 0.15) is 0 Å². The number of halogens is 2. The summed E-state index contributed by atoms with van der Waals surface area (Å²) >= 11 is 0. The zero-order chi connectivity index (χ0) is 17.5. The molecule has 1 saturated carbocycles. The average Bonchev–Trinajstić information content (AvgIpc) is 2.57. The molecule has 0 amide bonds. The van der Waals surface area contributed by atoms with Crippen molar-refractivity contribution in [2.75, 3.05) is 0 Å². The summed E-state index contributed by atoms with van der Waals surface area (Å²) in [7, 11) is -1.98. The Morgan fingerprint density at radius 2 is 1.58 bits per heavy atom. The van der Waals surface area contributed by atoms with Crippen LogP contribution in [-0.4, -0.2) is 17.2 Å². The van der Waals surface area contributed by atoms with E-state index in [1.165, 1.54) is 63.5 Å². The molecule has 2 nitrogen and oxygen atoms in total. The summed E-state index contributed by atoms with van der Waals surface area (Å²) in [5, 5.41) is 18.0. The minimum absolute atomic E-state index is 0.335. The van der Waals surface area contributed by atoms with Gasteiger partial charge in [-0.25, -0.2) is 8.78 Å². The van der Waals surface area contributed by atoms with E-state index in [1.54, 1.807) is 0 Å². The first-order valence-electron chi connectivity index (χ1n) is 9.35. The third kappa shape index (κ3) is 5.28. The Hall–Kier alpha value is -0.935. The Morgan fingerprint density at radius 1 is 0.958 bits per heavy atom. The van der Waals surface area contributed by atoms with E-state index in [0.29, 0.717) is 17.9 Å². The molecule has 1 aromatic rings. The van der Waals surface area contributed by atoms with Gasteiger partial charge >= 0.3 is 7.12 Å². The van der Waals surface area contributed by atoms with Crippen molar-refractivity contribution in [2.24, 2.45) is 11.8 Å². The van der Waals surface area contributed by atoms with Gasteiger partial charge in [0.25, 0.3) is 0 Å². The molecule has 0 radical (unpaired) electrons. The van der Waals surface area contributed by atoms with E-state index < -0.39 is 24.2 Å². The molecule has 1 aromatic carbocycles. The number of benzene rings is 1. The van der Waals surface area contributed by atoms with Gasteiger partial charge in [-0.15, -0.1) is 0 Å². The molecule has 24 heavy (non-hydrogen) atoms. The SMILES string of the molecule is CCCCC[C@H]1CC[C@H](CCc2ccc(B(O)O)c(F)c2F)CC1. The molecule has 5 heteroatoms. The number of aryl methyl sites for hydroxylation is 1. The van der Waals surface area contributed by atoms with E-state index in [-0.39, 0.29) is 0 Å². The normalized spacial score (nSPS) is 21.0. The molecule has 1 fully saturated rings. The molecule has 1 aliphatic rings. The first-order valence-corrected chi connectivity index (χ1v) is 9.35. The lowest BCUT2D eigenvalue weighted by atomic mass is 9.77. The highest BCUT2D eigenvalue weighted by atomic mass is 19.2. The van der Waals surface area contributed by atoms with Crippen molar-refractivity contribution < 1.29 is 18.8 Å². The van der Waals surface area contributed by atoms with Crippen LogP contribution in [0.15, 0.2) is 12.1 Å². The molecule has 1 aliphatic carbocycles. The molecule has 0 aromatic heterocycles. The van der Waals surface area contributed by atoms with Crippen LogP contribution in [0.4, 0.5) is 8.78 Å². The largest absolute Gasteiger partial charge is 0.491 e. The first kappa shape index (κ1) is 19.4. The average molecular weight is 338 g/mol. The minimum Gasteiger partial charge on any atom is -0.423 e. The maximum Gasteiger partial charge on any atom is 0.491 e. The Balaban J connectivity index is 1.80. The Kier molecular flexibility index (Phi) is 7.69. The van der Waals surface area contributed by atoms with E-state index in [0.717, 1.165) is 12.3 Å². The quantitative estimate of drug-likeness (QED) is 0.556. The lowest BCUT2D eigenvalue weighted by Crippen LogP contribution is -2.33. The van der Waals surface area contributed by atoms with Crippen LogP contribution in [-0.2, 0) is 6.42 Å². The van der Waals surface area contributed by atoms with Crippen molar-refractivity contribution in [3.63, 3.8) is 0 Å². The Labute approximate surface area is 144 Å². The van der Waals surface area contributed by atoms with E-state index in [2.05, 4.69) is 6.92 Å². The van der Waals surface area contributed by atoms with Crippen LogP contribution in [0.2, 0.25) is 0 Å². The van der Waals surface area contributed by atoms with Crippen LogP contribution < -0.4 is 5.46 Å². The molecule has 0 heterocycles. The molecule has 2 N–H and O–H groups in total. The molecule has 134 valence electrons. The van der Waals surface area contributed by atoms with Crippen LogP contribution in [0.25, 0.3) is 0 Å². The second kappa shape index (κ2) is 9.52. The van der Waals surface area contributed by atoms with Gasteiger partial charge in [0, 0.05) is 5.46 Å². The highest BCUT2D eigenvalue weighted by Crippen LogP contribution is 2.34. The predicted octanol–water partition coefficient (Wildman–Crippen LogP) is 3.96. The molecule has 0 saturated heterocycles. The van der Waals surface area contributed by atoms with Gasteiger partial charge in [-0.1, -0.05) is 70.4 Å². The monoisotopic (exact) mass is 338 g/mol. The molecule has 0 unspecified atom stereocenters. The van der Waals surface area contributed by atoms with Crippen molar-refractivity contribution in [1.82, 2.24) is 0 Å². The van der Waals surface area contributed by atoms with Crippen LogP contribution >= 0.6 is 0 Å². The second-order valence-electron chi connectivity index (χ2n) is 7.24. The van der Waals surface area contributed by atoms with Gasteiger partial charge in [0.05, 0.1) is 0 Å². The van der Waals surface area contributed by atoms with Crippen LogP contribution in [0, 0.1) is 23.5 Å². The summed E-state index contributed by atoms with van der Waals surface area (Å²) in [4.78, 5) is 0. The zero-order valence-corrected chi connectivity index (χ0v) is 14.6. The van der Waals surface area contributed by atoms with Crippen molar-refractivity contribution in [2.45, 2.75) is 71.1 Å². The molecule has 2 rings (SSSR count). The summed E-state index contributed by atoms with van der Waals surface area (Å²) in [6.45, 7) is 2.23.